The van der Waals surface area contributed by atoms with Gasteiger partial charge >= 0.3 is 0 Å². The van der Waals surface area contributed by atoms with Crippen molar-refractivity contribution in [3.05, 3.63) is 59.2 Å². The van der Waals surface area contributed by atoms with Crippen molar-refractivity contribution in [2.75, 3.05) is 25.5 Å². The van der Waals surface area contributed by atoms with Crippen LogP contribution in [0.2, 0.25) is 5.02 Å². The number of aromatic nitrogens is 1. The van der Waals surface area contributed by atoms with Gasteiger partial charge in [-0.05, 0) is 68.5 Å². The van der Waals surface area contributed by atoms with Gasteiger partial charge in [0.05, 0.1) is 17.0 Å². The largest absolute Gasteiger partial charge is 0.390 e. The first-order valence-corrected chi connectivity index (χ1v) is 12.1. The van der Waals surface area contributed by atoms with E-state index in [4.69, 9.17) is 11.6 Å². The van der Waals surface area contributed by atoms with Crippen molar-refractivity contribution >= 4 is 44.1 Å². The molecular formula is C22H25ClN4O4S. The summed E-state index contributed by atoms with van der Waals surface area (Å²) >= 11 is 6.04. The highest BCUT2D eigenvalue weighted by molar-refractivity contribution is 7.89. The Morgan fingerprint density at radius 1 is 1.12 bits per heavy atom. The Bertz CT molecular complexity index is 1260. The Hall–Kier alpha value is -2.43. The summed E-state index contributed by atoms with van der Waals surface area (Å²) in [5.41, 5.74) is 1.80. The number of nitrogens with zero attached hydrogens (tertiary/aromatic N) is 2. The van der Waals surface area contributed by atoms with Gasteiger partial charge in [-0.15, -0.1) is 0 Å². The first kappa shape index (κ1) is 22.8. The zero-order chi connectivity index (χ0) is 23.0. The topological polar surface area (TPSA) is 104 Å². The molecule has 1 saturated heterocycles. The molecule has 3 N–H and O–H groups in total. The van der Waals surface area contributed by atoms with Gasteiger partial charge in [-0.2, -0.15) is 0 Å². The number of carbonyl (C=O) groups is 1. The normalized spacial score (nSPS) is 19.9. The molecule has 1 aromatic heterocycles. The fraction of sp³-hybridized carbons (Fsp3) is 0.318. The molecule has 2 atom stereocenters. The number of benzene rings is 2. The minimum Gasteiger partial charge on any atom is -0.390 e. The van der Waals surface area contributed by atoms with E-state index >= 15 is 0 Å². The third-order valence-electron chi connectivity index (χ3n) is 5.75. The number of nitrogens with one attached hydrogen (secondary N) is 2. The highest BCUT2D eigenvalue weighted by Crippen LogP contribution is 2.24. The Kier molecular flexibility index (Phi) is 6.28. The van der Waals surface area contributed by atoms with Gasteiger partial charge in [0, 0.05) is 35.2 Å². The molecule has 1 aliphatic heterocycles. The van der Waals surface area contributed by atoms with Crippen LogP contribution in [0.25, 0.3) is 10.9 Å². The van der Waals surface area contributed by atoms with E-state index in [1.807, 2.05) is 18.0 Å². The molecule has 10 heteroatoms. The number of carbonyl (C=O) groups excluding carboxylic acids is 1. The first-order chi connectivity index (χ1) is 15.1. The number of piperidine rings is 1. The lowest BCUT2D eigenvalue weighted by molar-refractivity contribution is 0.0602. The molecule has 1 amide bonds. The van der Waals surface area contributed by atoms with Crippen LogP contribution in [0.5, 0.6) is 0 Å². The molecule has 170 valence electrons. The van der Waals surface area contributed by atoms with Gasteiger partial charge in [0.25, 0.3) is 5.91 Å². The summed E-state index contributed by atoms with van der Waals surface area (Å²) in [6.45, 7) is 1.12. The molecule has 2 heterocycles. The van der Waals surface area contributed by atoms with Gasteiger partial charge in [0.1, 0.15) is 5.69 Å². The lowest BCUT2D eigenvalue weighted by Crippen LogP contribution is -2.52. The van der Waals surface area contributed by atoms with Gasteiger partial charge < -0.3 is 19.9 Å². The Balaban J connectivity index is 1.47. The van der Waals surface area contributed by atoms with Crippen LogP contribution in [-0.4, -0.2) is 61.2 Å². The lowest BCUT2D eigenvalue weighted by atomic mass is 10.0. The minimum absolute atomic E-state index is 0.0703. The summed E-state index contributed by atoms with van der Waals surface area (Å²) in [5, 5.41) is 14.4. The third kappa shape index (κ3) is 4.67. The molecule has 1 fully saturated rings. The number of likely N-dealkylation sites (tertiary alicyclic amines) is 1. The molecule has 4 rings (SSSR count). The van der Waals surface area contributed by atoms with Crippen molar-refractivity contribution in [2.24, 2.45) is 7.05 Å². The average Bonchev–Trinajstić information content (AvgIpc) is 3.06. The predicted molar refractivity (Wildman–Crippen MR) is 125 cm³/mol. The second kappa shape index (κ2) is 8.84. The van der Waals surface area contributed by atoms with Crippen molar-refractivity contribution in [2.45, 2.75) is 23.5 Å². The molecule has 0 radical (unpaired) electrons. The van der Waals surface area contributed by atoms with E-state index in [9.17, 15) is 18.3 Å². The number of fused-ring (bicyclic) bond motifs is 1. The van der Waals surface area contributed by atoms with E-state index in [1.165, 1.54) is 24.3 Å². The molecule has 2 aromatic carbocycles. The van der Waals surface area contributed by atoms with E-state index in [-0.39, 0.29) is 10.8 Å². The van der Waals surface area contributed by atoms with Crippen LogP contribution in [0, 0.1) is 0 Å². The SMILES string of the molecule is CN1CCC(NS(=O)(=O)c2ccc(NC(=O)c3cc4cc(Cl)ccc4n3C)cc2)C(O)C1. The van der Waals surface area contributed by atoms with Gasteiger partial charge in [-0.3, -0.25) is 4.79 Å². The molecule has 2 unspecified atom stereocenters. The van der Waals surface area contributed by atoms with E-state index in [2.05, 4.69) is 10.0 Å². The van der Waals surface area contributed by atoms with Crippen LogP contribution < -0.4 is 10.0 Å². The van der Waals surface area contributed by atoms with Crippen LogP contribution in [0.4, 0.5) is 5.69 Å². The van der Waals surface area contributed by atoms with Crippen LogP contribution in [0.3, 0.4) is 0 Å². The number of aliphatic hydroxyl groups is 1. The summed E-state index contributed by atoms with van der Waals surface area (Å²) in [6.07, 6.45) is -0.237. The highest BCUT2D eigenvalue weighted by atomic mass is 35.5. The summed E-state index contributed by atoms with van der Waals surface area (Å²) in [6, 6.07) is 12.6. The van der Waals surface area contributed by atoms with Crippen molar-refractivity contribution in [3.63, 3.8) is 0 Å². The predicted octanol–water partition coefficient (Wildman–Crippen LogP) is 2.43. The van der Waals surface area contributed by atoms with Crippen molar-refractivity contribution < 1.29 is 18.3 Å². The van der Waals surface area contributed by atoms with E-state index in [0.29, 0.717) is 35.9 Å². The second-order valence-corrected chi connectivity index (χ2v) is 10.3. The third-order valence-corrected chi connectivity index (χ3v) is 7.49. The van der Waals surface area contributed by atoms with E-state index in [0.717, 1.165) is 10.9 Å². The monoisotopic (exact) mass is 476 g/mol. The molecule has 32 heavy (non-hydrogen) atoms. The van der Waals surface area contributed by atoms with Crippen LogP contribution >= 0.6 is 11.6 Å². The van der Waals surface area contributed by atoms with Gasteiger partial charge in [-0.1, -0.05) is 11.6 Å². The van der Waals surface area contributed by atoms with Crippen molar-refractivity contribution in [1.82, 2.24) is 14.2 Å². The first-order valence-electron chi connectivity index (χ1n) is 10.2. The van der Waals surface area contributed by atoms with Gasteiger partial charge in [0.15, 0.2) is 0 Å². The molecule has 8 nitrogen and oxygen atoms in total. The van der Waals surface area contributed by atoms with Gasteiger partial charge in [-0.25, -0.2) is 13.1 Å². The quantitative estimate of drug-likeness (QED) is 0.524. The van der Waals surface area contributed by atoms with E-state index in [1.54, 1.807) is 29.8 Å². The van der Waals surface area contributed by atoms with Crippen LogP contribution in [0.1, 0.15) is 16.9 Å². The smallest absolute Gasteiger partial charge is 0.272 e. The molecule has 0 aliphatic carbocycles. The lowest BCUT2D eigenvalue weighted by Gasteiger charge is -2.33. The van der Waals surface area contributed by atoms with Crippen molar-refractivity contribution in [1.29, 1.82) is 0 Å². The summed E-state index contributed by atoms with van der Waals surface area (Å²) < 4.78 is 29.8. The maximum absolute atomic E-state index is 12.8. The number of rotatable bonds is 5. The van der Waals surface area contributed by atoms with Gasteiger partial charge in [0.2, 0.25) is 10.0 Å². The molecule has 0 bridgehead atoms. The maximum Gasteiger partial charge on any atom is 0.272 e. The number of β-amino-alcohol motifs (C(OH)–C–C–N with tert-alkyl or cyclic N) is 1. The Morgan fingerprint density at radius 2 is 1.84 bits per heavy atom. The fourth-order valence-corrected chi connectivity index (χ4v) is 5.43. The van der Waals surface area contributed by atoms with E-state index < -0.39 is 22.2 Å². The molecule has 3 aromatic rings. The molecule has 0 saturated carbocycles. The number of hydrogen-bond acceptors (Lipinski definition) is 5. The molecular weight excluding hydrogens is 452 g/mol. The summed E-state index contributed by atoms with van der Waals surface area (Å²) in [5.74, 6) is -0.317. The number of sulfonamides is 1. The fourth-order valence-electron chi connectivity index (χ4n) is 3.95. The number of likely N-dealkylation sites (N-methyl/N-ethyl adjacent to an activating group) is 1. The summed E-state index contributed by atoms with van der Waals surface area (Å²) in [7, 11) is -0.115. The highest BCUT2D eigenvalue weighted by Gasteiger charge is 2.30. The maximum atomic E-state index is 12.8. The van der Waals surface area contributed by atoms with Crippen molar-refractivity contribution in [3.8, 4) is 0 Å². The molecule has 0 spiro atoms. The minimum atomic E-state index is -3.79. The number of hydrogen-bond donors (Lipinski definition) is 3. The average molecular weight is 477 g/mol. The summed E-state index contributed by atoms with van der Waals surface area (Å²) in [4.78, 5) is 14.8. The number of amides is 1. The Morgan fingerprint density at radius 3 is 2.53 bits per heavy atom. The number of halogens is 1. The number of aryl methyl sites for hydroxylation is 1. The zero-order valence-electron chi connectivity index (χ0n) is 17.7. The zero-order valence-corrected chi connectivity index (χ0v) is 19.3. The second-order valence-electron chi connectivity index (χ2n) is 8.12. The number of anilines is 1. The molecule has 1 aliphatic rings. The number of aliphatic hydroxyl groups excluding tert-OH is 1. The van der Waals surface area contributed by atoms with Crippen LogP contribution in [-0.2, 0) is 17.1 Å². The standard InChI is InChI=1S/C22H25ClN4O4S/c1-26-10-9-18(21(28)13-26)25-32(30,31)17-6-4-16(5-7-17)24-22(29)20-12-14-11-15(23)3-8-19(14)27(20)2/h3-8,11-12,18,21,25,28H,9-10,13H2,1-2H3,(H,24,29). The van der Waals surface area contributed by atoms with Crippen LogP contribution in [0.15, 0.2) is 53.4 Å². The Labute approximate surface area is 191 Å².